The Labute approximate surface area is 115 Å². The van der Waals surface area contributed by atoms with E-state index < -0.39 is 5.97 Å². The minimum Gasteiger partial charge on any atom is -0.481 e. The van der Waals surface area contributed by atoms with Crippen LogP contribution in [-0.2, 0) is 18.3 Å². The Kier molecular flexibility index (Phi) is 2.60. The Hall–Kier alpha value is -1.89. The second kappa shape index (κ2) is 4.06. The van der Waals surface area contributed by atoms with Crippen molar-refractivity contribution in [2.75, 3.05) is 0 Å². The molecule has 0 saturated heterocycles. The number of hydrogen-bond donors (Lipinski definition) is 1. The first-order valence-corrected chi connectivity index (χ1v) is 6.31. The zero-order chi connectivity index (χ0) is 13.7. The van der Waals surface area contributed by atoms with Crippen LogP contribution >= 0.6 is 15.9 Å². The number of rotatable bonds is 2. The van der Waals surface area contributed by atoms with Crippen LogP contribution in [0.15, 0.2) is 22.8 Å². The maximum Gasteiger partial charge on any atom is 0.309 e. The molecule has 0 aliphatic rings. The Bertz CT molecular complexity index is 821. The molecule has 3 rings (SSSR count). The molecule has 2 aromatic heterocycles. The summed E-state index contributed by atoms with van der Waals surface area (Å²) in [7, 11) is 1.74. The fraction of sp³-hybridized carbons (Fsp3) is 0.167. The number of nitrogens with zero attached hydrogens (tertiary/aromatic N) is 3. The molecule has 0 aliphatic carbocycles. The van der Waals surface area contributed by atoms with Gasteiger partial charge in [0.1, 0.15) is 10.4 Å². The van der Waals surface area contributed by atoms with Gasteiger partial charge in [-0.3, -0.25) is 9.20 Å². The molecule has 0 saturated carbocycles. The summed E-state index contributed by atoms with van der Waals surface area (Å²) in [6.45, 7) is 0. The van der Waals surface area contributed by atoms with Gasteiger partial charge in [-0.2, -0.15) is 0 Å². The van der Waals surface area contributed by atoms with E-state index in [0.717, 1.165) is 5.52 Å². The topological polar surface area (TPSA) is 59.5 Å². The summed E-state index contributed by atoms with van der Waals surface area (Å²) in [5.41, 5.74) is 1.88. The van der Waals surface area contributed by atoms with E-state index in [1.54, 1.807) is 22.1 Å². The number of aromatic nitrogens is 3. The van der Waals surface area contributed by atoms with Gasteiger partial charge in [-0.1, -0.05) is 0 Å². The normalized spacial score (nSPS) is 11.5. The molecule has 0 fully saturated rings. The zero-order valence-electron chi connectivity index (χ0n) is 9.89. The van der Waals surface area contributed by atoms with Crippen LogP contribution < -0.4 is 0 Å². The Morgan fingerprint density at radius 1 is 1.53 bits per heavy atom. The second-order valence-electron chi connectivity index (χ2n) is 4.25. The van der Waals surface area contributed by atoms with E-state index in [1.807, 2.05) is 0 Å². The molecule has 19 heavy (non-hydrogen) atoms. The van der Waals surface area contributed by atoms with E-state index in [-0.39, 0.29) is 12.2 Å². The first kappa shape index (κ1) is 12.2. The molecule has 2 heterocycles. The van der Waals surface area contributed by atoms with Crippen LogP contribution in [0.2, 0.25) is 0 Å². The Morgan fingerprint density at radius 3 is 2.95 bits per heavy atom. The van der Waals surface area contributed by atoms with Crippen molar-refractivity contribution in [3.05, 3.63) is 34.3 Å². The van der Waals surface area contributed by atoms with Crippen molar-refractivity contribution >= 4 is 38.7 Å². The predicted molar refractivity (Wildman–Crippen MR) is 70.7 cm³/mol. The van der Waals surface area contributed by atoms with Gasteiger partial charge in [-0.15, -0.1) is 0 Å². The fourth-order valence-corrected chi connectivity index (χ4v) is 2.94. The summed E-state index contributed by atoms with van der Waals surface area (Å²) in [5, 5.41) is 8.91. The van der Waals surface area contributed by atoms with Crippen molar-refractivity contribution < 1.29 is 14.3 Å². The Morgan fingerprint density at radius 2 is 2.26 bits per heavy atom. The molecule has 0 spiro atoms. The summed E-state index contributed by atoms with van der Waals surface area (Å²) >= 11 is 3.40. The van der Waals surface area contributed by atoms with Crippen LogP contribution in [0.1, 0.15) is 5.69 Å². The average Bonchev–Trinajstić information content (AvgIpc) is 2.80. The number of benzene rings is 1. The summed E-state index contributed by atoms with van der Waals surface area (Å²) in [6.07, 6.45) is -0.108. The second-order valence-corrected chi connectivity index (χ2v) is 5.00. The third-order valence-corrected chi connectivity index (χ3v) is 3.87. The first-order valence-electron chi connectivity index (χ1n) is 5.51. The van der Waals surface area contributed by atoms with Crippen LogP contribution in [0, 0.1) is 5.82 Å². The van der Waals surface area contributed by atoms with E-state index in [9.17, 15) is 9.18 Å². The average molecular weight is 326 g/mol. The summed E-state index contributed by atoms with van der Waals surface area (Å²) in [5.74, 6) is -0.693. The quantitative estimate of drug-likeness (QED) is 0.786. The van der Waals surface area contributed by atoms with Gasteiger partial charge < -0.3 is 9.67 Å². The van der Waals surface area contributed by atoms with Gasteiger partial charge in [0.2, 0.25) is 5.78 Å². The largest absolute Gasteiger partial charge is 0.481 e. The predicted octanol–water partition coefficient (Wildman–Crippen LogP) is 2.35. The molecule has 3 aromatic rings. The highest BCUT2D eigenvalue weighted by Gasteiger charge is 2.19. The SMILES string of the molecule is Cn1c(CC(=O)O)c(Br)n2c3ccc(F)cc3nc12. The molecule has 0 bridgehead atoms. The van der Waals surface area contributed by atoms with Gasteiger partial charge in [0.05, 0.1) is 23.1 Å². The molecule has 5 nitrogen and oxygen atoms in total. The molecule has 0 amide bonds. The maximum absolute atomic E-state index is 13.2. The third-order valence-electron chi connectivity index (χ3n) is 3.06. The number of carboxylic acid groups (broad SMARTS) is 1. The molecule has 0 atom stereocenters. The van der Waals surface area contributed by atoms with Crippen molar-refractivity contribution in [3.63, 3.8) is 0 Å². The Balaban J connectivity index is 2.37. The van der Waals surface area contributed by atoms with Gasteiger partial charge in [-0.05, 0) is 28.1 Å². The molecule has 0 aliphatic heterocycles. The van der Waals surface area contributed by atoms with Crippen LogP contribution in [0.25, 0.3) is 16.8 Å². The molecule has 7 heteroatoms. The highest BCUT2D eigenvalue weighted by Crippen LogP contribution is 2.27. The molecule has 98 valence electrons. The van der Waals surface area contributed by atoms with Crippen molar-refractivity contribution in [3.8, 4) is 0 Å². The molecule has 0 radical (unpaired) electrons. The van der Waals surface area contributed by atoms with Gasteiger partial charge >= 0.3 is 5.97 Å². The summed E-state index contributed by atoms with van der Waals surface area (Å²) < 4.78 is 17.3. The number of aliphatic carboxylic acids is 1. The number of carbonyl (C=O) groups is 1. The van der Waals surface area contributed by atoms with Crippen LogP contribution in [0.5, 0.6) is 0 Å². The number of hydrogen-bond acceptors (Lipinski definition) is 2. The van der Waals surface area contributed by atoms with Gasteiger partial charge in [-0.25, -0.2) is 9.37 Å². The number of fused-ring (bicyclic) bond motifs is 3. The lowest BCUT2D eigenvalue weighted by Crippen LogP contribution is -2.05. The maximum atomic E-state index is 13.2. The van der Waals surface area contributed by atoms with Crippen molar-refractivity contribution in [1.82, 2.24) is 14.0 Å². The zero-order valence-corrected chi connectivity index (χ0v) is 11.5. The smallest absolute Gasteiger partial charge is 0.309 e. The minimum absolute atomic E-state index is 0.108. The van der Waals surface area contributed by atoms with Crippen molar-refractivity contribution in [2.45, 2.75) is 6.42 Å². The minimum atomic E-state index is -0.917. The summed E-state index contributed by atoms with van der Waals surface area (Å²) in [4.78, 5) is 15.2. The molecular weight excluding hydrogens is 317 g/mol. The lowest BCUT2D eigenvalue weighted by molar-refractivity contribution is -0.136. The monoisotopic (exact) mass is 325 g/mol. The van der Waals surface area contributed by atoms with Gasteiger partial charge in [0.15, 0.2) is 0 Å². The van der Waals surface area contributed by atoms with Gasteiger partial charge in [0.25, 0.3) is 0 Å². The lowest BCUT2D eigenvalue weighted by Gasteiger charge is -1.99. The standard InChI is InChI=1S/C12H9BrFN3O2/c1-16-9(5-10(18)19)11(13)17-8-3-2-6(14)4-7(8)15-12(16)17/h2-4H,5H2,1H3,(H,18,19). The van der Waals surface area contributed by atoms with Crippen molar-refractivity contribution in [2.24, 2.45) is 7.05 Å². The van der Waals surface area contributed by atoms with E-state index in [1.165, 1.54) is 12.1 Å². The molecular formula is C12H9BrFN3O2. The highest BCUT2D eigenvalue weighted by molar-refractivity contribution is 9.10. The van der Waals surface area contributed by atoms with Crippen LogP contribution in [-0.4, -0.2) is 25.0 Å². The lowest BCUT2D eigenvalue weighted by atomic mass is 10.3. The number of halogens is 2. The van der Waals surface area contributed by atoms with Crippen molar-refractivity contribution in [1.29, 1.82) is 0 Å². The third kappa shape index (κ3) is 1.73. The van der Waals surface area contributed by atoms with Crippen LogP contribution in [0.3, 0.4) is 0 Å². The van der Waals surface area contributed by atoms with Gasteiger partial charge in [0, 0.05) is 13.1 Å². The summed E-state index contributed by atoms with van der Waals surface area (Å²) in [6, 6.07) is 4.33. The highest BCUT2D eigenvalue weighted by atomic mass is 79.9. The fourth-order valence-electron chi connectivity index (χ4n) is 2.18. The molecule has 0 unspecified atom stereocenters. The van der Waals surface area contributed by atoms with E-state index in [2.05, 4.69) is 20.9 Å². The van der Waals surface area contributed by atoms with E-state index in [0.29, 0.717) is 21.6 Å². The van der Waals surface area contributed by atoms with E-state index in [4.69, 9.17) is 5.11 Å². The van der Waals surface area contributed by atoms with Crippen LogP contribution in [0.4, 0.5) is 4.39 Å². The number of carboxylic acids is 1. The number of imidazole rings is 2. The first-order chi connectivity index (χ1) is 8.99. The molecule has 1 N–H and O–H groups in total. The van der Waals surface area contributed by atoms with E-state index >= 15 is 0 Å². The molecule has 1 aromatic carbocycles. The number of aryl methyl sites for hydroxylation is 1.